The Bertz CT molecular complexity index is 665. The van der Waals surface area contributed by atoms with Crippen LogP contribution in [0.15, 0.2) is 9.99 Å². The summed E-state index contributed by atoms with van der Waals surface area (Å²) in [5, 5.41) is 9.19. The van der Waals surface area contributed by atoms with Crippen molar-refractivity contribution in [1.82, 2.24) is 4.98 Å². The van der Waals surface area contributed by atoms with Crippen LogP contribution in [0.4, 0.5) is 5.88 Å². The van der Waals surface area contributed by atoms with Crippen molar-refractivity contribution in [3.8, 4) is 6.07 Å². The number of rotatable bonds is 5. The lowest BCUT2D eigenvalue weighted by molar-refractivity contribution is -0.139. The molecule has 1 aliphatic rings. The minimum Gasteiger partial charge on any atom is -0.462 e. The fourth-order valence-corrected chi connectivity index (χ4v) is 2.08. The lowest BCUT2D eigenvalue weighted by atomic mass is 10.2. The quantitative estimate of drug-likeness (QED) is 0.341. The number of carbonyl (C=O) groups is 2. The van der Waals surface area contributed by atoms with E-state index in [-0.39, 0.29) is 23.8 Å². The molecular weight excluding hydrogens is 302 g/mol. The molecule has 2 heterocycles. The highest BCUT2D eigenvalue weighted by Gasteiger charge is 2.23. The molecular formula is C15H17N3O5. The molecule has 1 fully saturated rings. The van der Waals surface area contributed by atoms with Crippen LogP contribution in [0, 0.1) is 11.3 Å². The molecule has 0 aliphatic carbocycles. The van der Waals surface area contributed by atoms with E-state index in [2.05, 4.69) is 4.98 Å². The van der Waals surface area contributed by atoms with Crippen LogP contribution in [0.25, 0.3) is 6.08 Å². The Morgan fingerprint density at radius 2 is 2.13 bits per heavy atom. The molecule has 0 atom stereocenters. The average molecular weight is 319 g/mol. The number of hydrogen-bond donors (Lipinski definition) is 0. The van der Waals surface area contributed by atoms with Crippen LogP contribution in [0.2, 0.25) is 0 Å². The number of ketones is 1. The van der Waals surface area contributed by atoms with E-state index in [0.717, 1.165) is 0 Å². The second-order valence-electron chi connectivity index (χ2n) is 4.75. The number of morpholine rings is 1. The monoisotopic (exact) mass is 319 g/mol. The van der Waals surface area contributed by atoms with Crippen LogP contribution in [0.3, 0.4) is 0 Å². The summed E-state index contributed by atoms with van der Waals surface area (Å²) in [4.78, 5) is 29.2. The zero-order valence-electron chi connectivity index (χ0n) is 13.0. The second-order valence-corrected chi connectivity index (χ2v) is 4.75. The fraction of sp³-hybridized carbons (Fsp3) is 0.467. The molecule has 0 aromatic carbocycles. The molecule has 0 unspecified atom stereocenters. The standard InChI is InChI=1S/C15H17N3O5/c1-3-22-15(20)11(10(2)19)8-13-17-12(9-16)14(23-13)18-4-6-21-7-5-18/h8H,3-7H2,1-2H3. The average Bonchev–Trinajstić information content (AvgIpc) is 2.96. The lowest BCUT2D eigenvalue weighted by Gasteiger charge is -2.25. The minimum atomic E-state index is -0.746. The highest BCUT2D eigenvalue weighted by molar-refractivity contribution is 6.19. The van der Waals surface area contributed by atoms with Gasteiger partial charge in [0.05, 0.1) is 19.8 Å². The van der Waals surface area contributed by atoms with Gasteiger partial charge in [0.15, 0.2) is 5.78 Å². The van der Waals surface area contributed by atoms with Crippen molar-refractivity contribution < 1.29 is 23.5 Å². The Hall–Kier alpha value is -2.66. The third kappa shape index (κ3) is 3.96. The van der Waals surface area contributed by atoms with E-state index in [1.54, 1.807) is 6.92 Å². The number of aromatic nitrogens is 1. The number of nitriles is 1. The number of carbonyl (C=O) groups excluding carboxylic acids is 2. The van der Waals surface area contributed by atoms with Gasteiger partial charge < -0.3 is 18.8 Å². The zero-order valence-corrected chi connectivity index (χ0v) is 13.0. The second kappa shape index (κ2) is 7.56. The van der Waals surface area contributed by atoms with E-state index in [4.69, 9.17) is 13.9 Å². The first-order valence-corrected chi connectivity index (χ1v) is 7.20. The minimum absolute atomic E-state index is 0.0151. The summed E-state index contributed by atoms with van der Waals surface area (Å²) in [6.07, 6.45) is 1.20. The maximum atomic E-state index is 11.8. The molecule has 8 nitrogen and oxygen atoms in total. The van der Waals surface area contributed by atoms with Gasteiger partial charge in [-0.2, -0.15) is 10.2 Å². The Kier molecular flexibility index (Phi) is 5.49. The van der Waals surface area contributed by atoms with Crippen LogP contribution in [-0.4, -0.2) is 49.6 Å². The van der Waals surface area contributed by atoms with E-state index >= 15 is 0 Å². The summed E-state index contributed by atoms with van der Waals surface area (Å²) in [7, 11) is 0. The molecule has 0 saturated carbocycles. The molecule has 1 saturated heterocycles. The first-order chi connectivity index (χ1) is 11.1. The Labute approximate surface area is 133 Å². The van der Waals surface area contributed by atoms with Crippen LogP contribution in [-0.2, 0) is 19.1 Å². The van der Waals surface area contributed by atoms with Gasteiger partial charge in [0.2, 0.25) is 17.5 Å². The van der Waals surface area contributed by atoms with Gasteiger partial charge in [-0.05, 0) is 13.8 Å². The highest BCUT2D eigenvalue weighted by Crippen LogP contribution is 2.24. The summed E-state index contributed by atoms with van der Waals surface area (Å²) < 4.78 is 15.6. The molecule has 0 amide bonds. The number of esters is 1. The number of nitrogens with zero attached hydrogens (tertiary/aromatic N) is 3. The predicted octanol–water partition coefficient (Wildman–Crippen LogP) is 0.918. The topological polar surface area (TPSA) is 106 Å². The van der Waals surface area contributed by atoms with Crippen molar-refractivity contribution >= 4 is 23.7 Å². The van der Waals surface area contributed by atoms with Gasteiger partial charge in [-0.15, -0.1) is 0 Å². The number of anilines is 1. The normalized spacial score (nSPS) is 15.2. The maximum Gasteiger partial charge on any atom is 0.341 e. The Morgan fingerprint density at radius 1 is 1.43 bits per heavy atom. The molecule has 23 heavy (non-hydrogen) atoms. The third-order valence-electron chi connectivity index (χ3n) is 3.17. The van der Waals surface area contributed by atoms with Crippen molar-refractivity contribution in [3.05, 3.63) is 17.2 Å². The van der Waals surface area contributed by atoms with Gasteiger partial charge in [-0.3, -0.25) is 4.79 Å². The summed E-state index contributed by atoms with van der Waals surface area (Å²) in [5.41, 5.74) is -0.0731. The largest absolute Gasteiger partial charge is 0.462 e. The van der Waals surface area contributed by atoms with Crippen LogP contribution >= 0.6 is 0 Å². The van der Waals surface area contributed by atoms with Gasteiger partial charge in [0, 0.05) is 19.2 Å². The Balaban J connectivity index is 2.33. The van der Waals surface area contributed by atoms with Crippen LogP contribution < -0.4 is 4.90 Å². The number of oxazole rings is 1. The predicted molar refractivity (Wildman–Crippen MR) is 79.5 cm³/mol. The SMILES string of the molecule is CCOC(=O)C(=Cc1nc(C#N)c(N2CCOCC2)o1)C(C)=O. The van der Waals surface area contributed by atoms with Crippen molar-refractivity contribution in [2.75, 3.05) is 37.8 Å². The molecule has 2 rings (SSSR count). The molecule has 8 heteroatoms. The van der Waals surface area contributed by atoms with Gasteiger partial charge in [0.25, 0.3) is 0 Å². The van der Waals surface area contributed by atoms with E-state index < -0.39 is 11.8 Å². The number of ether oxygens (including phenoxy) is 2. The number of hydrogen-bond acceptors (Lipinski definition) is 8. The smallest absolute Gasteiger partial charge is 0.341 e. The zero-order chi connectivity index (χ0) is 16.8. The highest BCUT2D eigenvalue weighted by atomic mass is 16.5. The van der Waals surface area contributed by atoms with Gasteiger partial charge >= 0.3 is 5.97 Å². The van der Waals surface area contributed by atoms with Crippen molar-refractivity contribution in [3.63, 3.8) is 0 Å². The van der Waals surface area contributed by atoms with Gasteiger partial charge in [-0.25, -0.2) is 4.79 Å². The van der Waals surface area contributed by atoms with Gasteiger partial charge in [-0.1, -0.05) is 0 Å². The molecule has 0 radical (unpaired) electrons. The van der Waals surface area contributed by atoms with E-state index in [1.165, 1.54) is 13.0 Å². The molecule has 122 valence electrons. The lowest BCUT2D eigenvalue weighted by Crippen LogP contribution is -2.36. The van der Waals surface area contributed by atoms with Gasteiger partial charge in [0.1, 0.15) is 11.6 Å². The molecule has 1 aromatic rings. The fourth-order valence-electron chi connectivity index (χ4n) is 2.08. The molecule has 1 aliphatic heterocycles. The molecule has 0 spiro atoms. The summed E-state index contributed by atoms with van der Waals surface area (Å²) in [6.45, 7) is 5.24. The summed E-state index contributed by atoms with van der Waals surface area (Å²) in [6, 6.07) is 1.95. The molecule has 0 N–H and O–H groups in total. The third-order valence-corrected chi connectivity index (χ3v) is 3.17. The van der Waals surface area contributed by atoms with Crippen LogP contribution in [0.5, 0.6) is 0 Å². The molecule has 1 aromatic heterocycles. The first kappa shape index (κ1) is 16.7. The molecule has 0 bridgehead atoms. The van der Waals surface area contributed by atoms with Crippen LogP contribution in [0.1, 0.15) is 25.4 Å². The van der Waals surface area contributed by atoms with Crippen molar-refractivity contribution in [1.29, 1.82) is 5.26 Å². The first-order valence-electron chi connectivity index (χ1n) is 7.20. The van der Waals surface area contributed by atoms with Crippen molar-refractivity contribution in [2.24, 2.45) is 0 Å². The number of Topliss-reactive ketones (excluding diaryl/α,β-unsaturated/α-hetero) is 1. The van der Waals surface area contributed by atoms with E-state index in [0.29, 0.717) is 32.2 Å². The summed E-state index contributed by atoms with van der Waals surface area (Å²) in [5.74, 6) is -0.882. The van der Waals surface area contributed by atoms with E-state index in [1.807, 2.05) is 11.0 Å². The van der Waals surface area contributed by atoms with Crippen molar-refractivity contribution in [2.45, 2.75) is 13.8 Å². The van der Waals surface area contributed by atoms with E-state index in [9.17, 15) is 14.9 Å². The maximum absolute atomic E-state index is 11.8. The Morgan fingerprint density at radius 3 is 2.70 bits per heavy atom. The summed E-state index contributed by atoms with van der Waals surface area (Å²) >= 11 is 0.